The monoisotopic (exact) mass is 322 g/mol. The summed E-state index contributed by atoms with van der Waals surface area (Å²) in [6, 6.07) is 0. The first-order chi connectivity index (χ1) is 11.3. The normalized spacial score (nSPS) is 17.4. The largest absolute Gasteiger partial charge is 0.359 e. The summed E-state index contributed by atoms with van der Waals surface area (Å²) in [5.41, 5.74) is 0. The lowest BCUT2D eigenvalue weighted by molar-refractivity contribution is 0.160. The van der Waals surface area contributed by atoms with Gasteiger partial charge >= 0.3 is 0 Å². The average Bonchev–Trinajstić information content (AvgIpc) is 2.91. The molecule has 1 heterocycles. The zero-order valence-electron chi connectivity index (χ0n) is 16.2. The van der Waals surface area contributed by atoms with Crippen molar-refractivity contribution in [3.63, 3.8) is 0 Å². The Labute approximate surface area is 146 Å². The second-order valence-corrected chi connectivity index (χ2v) is 7.36. The first kappa shape index (κ1) is 20.4. The molecule has 0 spiro atoms. The highest BCUT2D eigenvalue weighted by Crippen LogP contribution is 2.21. The molecule has 0 saturated carbocycles. The van der Waals surface area contributed by atoms with Crippen molar-refractivity contribution in [1.29, 1.82) is 0 Å². The van der Waals surface area contributed by atoms with E-state index in [1.807, 2.05) is 0 Å². The van der Waals surface area contributed by atoms with Crippen LogP contribution in [0.5, 0.6) is 0 Å². The molecule has 0 aliphatic carbocycles. The maximum atomic E-state index is 2.54. The SMILES string of the molecule is CCCCCCCCCCCCCC1N(C)C=CN1CCCC. The van der Waals surface area contributed by atoms with Crippen LogP contribution < -0.4 is 0 Å². The second kappa shape index (κ2) is 13.7. The van der Waals surface area contributed by atoms with Gasteiger partial charge in [-0.2, -0.15) is 0 Å². The minimum atomic E-state index is 0.625. The zero-order valence-corrected chi connectivity index (χ0v) is 16.2. The lowest BCUT2D eigenvalue weighted by Crippen LogP contribution is -2.36. The standard InChI is InChI=1S/C21H42N2/c1-4-6-8-9-10-11-12-13-14-15-16-17-21-22(3)19-20-23(21)18-7-5-2/h19-21H,4-18H2,1-3H3. The van der Waals surface area contributed by atoms with Gasteiger partial charge in [0.1, 0.15) is 6.17 Å². The Bertz CT molecular complexity index is 288. The van der Waals surface area contributed by atoms with Crippen LogP contribution in [0, 0.1) is 0 Å². The van der Waals surface area contributed by atoms with Crippen molar-refractivity contribution < 1.29 is 0 Å². The number of hydrogen-bond acceptors (Lipinski definition) is 2. The third-order valence-corrected chi connectivity index (χ3v) is 5.18. The molecule has 0 amide bonds. The van der Waals surface area contributed by atoms with Gasteiger partial charge in [0.2, 0.25) is 0 Å². The Morgan fingerprint density at radius 2 is 1.17 bits per heavy atom. The molecule has 0 fully saturated rings. The van der Waals surface area contributed by atoms with Crippen molar-refractivity contribution in [1.82, 2.24) is 9.80 Å². The van der Waals surface area contributed by atoms with Gasteiger partial charge in [-0.05, 0) is 19.3 Å². The molecule has 2 nitrogen and oxygen atoms in total. The van der Waals surface area contributed by atoms with Crippen LogP contribution in [0.4, 0.5) is 0 Å². The highest BCUT2D eigenvalue weighted by molar-refractivity contribution is 4.95. The van der Waals surface area contributed by atoms with E-state index in [2.05, 4.69) is 43.1 Å². The molecule has 23 heavy (non-hydrogen) atoms. The molecule has 0 saturated heterocycles. The van der Waals surface area contributed by atoms with Gasteiger partial charge in [0, 0.05) is 26.0 Å². The Morgan fingerprint density at radius 1 is 0.652 bits per heavy atom. The molecule has 136 valence electrons. The predicted molar refractivity (Wildman–Crippen MR) is 103 cm³/mol. The van der Waals surface area contributed by atoms with Crippen LogP contribution in [0.25, 0.3) is 0 Å². The third kappa shape index (κ3) is 9.27. The van der Waals surface area contributed by atoms with E-state index >= 15 is 0 Å². The van der Waals surface area contributed by atoms with Crippen LogP contribution in [-0.2, 0) is 0 Å². The Morgan fingerprint density at radius 3 is 1.74 bits per heavy atom. The topological polar surface area (TPSA) is 6.48 Å². The van der Waals surface area contributed by atoms with Crippen molar-refractivity contribution in [2.24, 2.45) is 0 Å². The summed E-state index contributed by atoms with van der Waals surface area (Å²) in [5, 5.41) is 0. The van der Waals surface area contributed by atoms with Gasteiger partial charge in [-0.3, -0.25) is 0 Å². The van der Waals surface area contributed by atoms with Crippen molar-refractivity contribution in [3.8, 4) is 0 Å². The van der Waals surface area contributed by atoms with E-state index in [1.165, 1.54) is 96.4 Å². The van der Waals surface area contributed by atoms with E-state index in [4.69, 9.17) is 0 Å². The molecule has 0 aromatic carbocycles. The van der Waals surface area contributed by atoms with Gasteiger partial charge < -0.3 is 9.80 Å². The zero-order chi connectivity index (χ0) is 16.8. The number of nitrogens with zero attached hydrogens (tertiary/aromatic N) is 2. The minimum Gasteiger partial charge on any atom is -0.359 e. The quantitative estimate of drug-likeness (QED) is 0.316. The molecule has 0 N–H and O–H groups in total. The summed E-state index contributed by atoms with van der Waals surface area (Å²) in [6.45, 7) is 5.80. The molecule has 1 aliphatic rings. The first-order valence-corrected chi connectivity index (χ1v) is 10.5. The van der Waals surface area contributed by atoms with Gasteiger partial charge in [-0.25, -0.2) is 0 Å². The fourth-order valence-electron chi connectivity index (χ4n) is 3.55. The van der Waals surface area contributed by atoms with Gasteiger partial charge in [-0.15, -0.1) is 0 Å². The fourth-order valence-corrected chi connectivity index (χ4v) is 3.55. The summed E-state index contributed by atoms with van der Waals surface area (Å²) < 4.78 is 0. The van der Waals surface area contributed by atoms with Crippen LogP contribution in [0.3, 0.4) is 0 Å². The van der Waals surface area contributed by atoms with Crippen molar-refractivity contribution >= 4 is 0 Å². The van der Waals surface area contributed by atoms with E-state index in [1.54, 1.807) is 0 Å². The molecule has 1 rings (SSSR count). The number of unbranched alkanes of at least 4 members (excludes halogenated alkanes) is 11. The van der Waals surface area contributed by atoms with Gasteiger partial charge in [-0.1, -0.05) is 84.5 Å². The van der Waals surface area contributed by atoms with Gasteiger partial charge in [0.05, 0.1) is 0 Å². The molecule has 1 atom stereocenters. The maximum Gasteiger partial charge on any atom is 0.100 e. The lowest BCUT2D eigenvalue weighted by atomic mass is 10.0. The molecule has 0 aromatic heterocycles. The summed E-state index contributed by atoms with van der Waals surface area (Å²) in [5.74, 6) is 0. The van der Waals surface area contributed by atoms with E-state index in [0.717, 1.165) is 0 Å². The highest BCUT2D eigenvalue weighted by atomic mass is 15.4. The summed E-state index contributed by atoms with van der Waals surface area (Å²) in [7, 11) is 2.23. The first-order valence-electron chi connectivity index (χ1n) is 10.5. The third-order valence-electron chi connectivity index (χ3n) is 5.18. The van der Waals surface area contributed by atoms with Crippen LogP contribution in [0.15, 0.2) is 12.4 Å². The second-order valence-electron chi connectivity index (χ2n) is 7.36. The predicted octanol–water partition coefficient (Wildman–Crippen LogP) is 6.53. The lowest BCUT2D eigenvalue weighted by Gasteiger charge is -2.30. The van der Waals surface area contributed by atoms with E-state index in [-0.39, 0.29) is 0 Å². The number of hydrogen-bond donors (Lipinski definition) is 0. The van der Waals surface area contributed by atoms with Crippen molar-refractivity contribution in [2.75, 3.05) is 13.6 Å². The minimum absolute atomic E-state index is 0.625. The van der Waals surface area contributed by atoms with E-state index in [9.17, 15) is 0 Å². The summed E-state index contributed by atoms with van der Waals surface area (Å²) >= 11 is 0. The molecule has 0 radical (unpaired) electrons. The molecule has 0 bridgehead atoms. The Kier molecular flexibility index (Phi) is 12.2. The van der Waals surface area contributed by atoms with Crippen LogP contribution in [0.1, 0.15) is 104 Å². The molecule has 1 unspecified atom stereocenters. The Balaban J connectivity index is 1.93. The molecular weight excluding hydrogens is 280 g/mol. The van der Waals surface area contributed by atoms with Gasteiger partial charge in [0.15, 0.2) is 0 Å². The summed E-state index contributed by atoms with van der Waals surface area (Å²) in [4.78, 5) is 4.94. The summed E-state index contributed by atoms with van der Waals surface area (Å²) in [6.07, 6.45) is 24.9. The van der Waals surface area contributed by atoms with Crippen molar-refractivity contribution in [2.45, 2.75) is 110 Å². The molecular formula is C21H42N2. The van der Waals surface area contributed by atoms with Crippen LogP contribution >= 0.6 is 0 Å². The molecule has 2 heteroatoms. The smallest absolute Gasteiger partial charge is 0.100 e. The number of rotatable bonds is 15. The average molecular weight is 323 g/mol. The van der Waals surface area contributed by atoms with E-state index in [0.29, 0.717) is 6.17 Å². The van der Waals surface area contributed by atoms with Crippen LogP contribution in [-0.4, -0.2) is 29.6 Å². The van der Waals surface area contributed by atoms with Crippen LogP contribution in [0.2, 0.25) is 0 Å². The molecule has 0 aromatic rings. The maximum absolute atomic E-state index is 2.54. The van der Waals surface area contributed by atoms with Crippen molar-refractivity contribution in [3.05, 3.63) is 12.4 Å². The fraction of sp³-hybridized carbons (Fsp3) is 0.905. The molecule has 1 aliphatic heterocycles. The van der Waals surface area contributed by atoms with Gasteiger partial charge in [0.25, 0.3) is 0 Å². The van der Waals surface area contributed by atoms with E-state index < -0.39 is 0 Å². The highest BCUT2D eigenvalue weighted by Gasteiger charge is 2.21. The Hall–Kier alpha value is -0.660.